The van der Waals surface area contributed by atoms with Crippen molar-refractivity contribution in [1.29, 1.82) is 0 Å². The van der Waals surface area contributed by atoms with Crippen LogP contribution in [0.5, 0.6) is 11.5 Å². The Morgan fingerprint density at radius 3 is 2.32 bits per heavy atom. The Bertz CT molecular complexity index is 1140. The molecule has 1 heterocycles. The Kier molecular flexibility index (Phi) is 7.81. The van der Waals surface area contributed by atoms with Gasteiger partial charge in [-0.2, -0.15) is 13.2 Å². The average Bonchev–Trinajstić information content (AvgIpc) is 2.77. The van der Waals surface area contributed by atoms with Gasteiger partial charge in [0.2, 0.25) is 0 Å². The number of carboxylic acid groups (broad SMARTS) is 1. The number of aromatic nitrogens is 1. The zero-order valence-corrected chi connectivity index (χ0v) is 19.1. The molecule has 0 aliphatic rings. The van der Waals surface area contributed by atoms with Crippen molar-refractivity contribution in [2.45, 2.75) is 45.9 Å². The summed E-state index contributed by atoms with van der Waals surface area (Å²) >= 11 is 0. The number of benzene rings is 2. The molecule has 1 aromatic heterocycles. The lowest BCUT2D eigenvalue weighted by molar-refractivity contribution is -0.139. The van der Waals surface area contributed by atoms with Crippen LogP contribution in [0.2, 0.25) is 0 Å². The Hall–Kier alpha value is -3.55. The maximum absolute atomic E-state index is 12.8. The van der Waals surface area contributed by atoms with Crippen LogP contribution in [0.25, 0.3) is 11.3 Å². The third-order valence-corrected chi connectivity index (χ3v) is 5.31. The molecule has 8 heteroatoms. The minimum atomic E-state index is -4.38. The van der Waals surface area contributed by atoms with Crippen LogP contribution < -0.4 is 9.47 Å². The highest BCUT2D eigenvalue weighted by Crippen LogP contribution is 2.33. The van der Waals surface area contributed by atoms with Crippen molar-refractivity contribution in [3.63, 3.8) is 0 Å². The molecule has 34 heavy (non-hydrogen) atoms. The van der Waals surface area contributed by atoms with Crippen LogP contribution in [0, 0.1) is 13.8 Å². The molecule has 0 aliphatic carbocycles. The van der Waals surface area contributed by atoms with Crippen LogP contribution in [-0.2, 0) is 11.0 Å². The predicted molar refractivity (Wildman–Crippen MR) is 122 cm³/mol. The average molecular weight is 473 g/mol. The number of pyridine rings is 1. The molecule has 0 saturated heterocycles. The van der Waals surface area contributed by atoms with Crippen molar-refractivity contribution in [2.24, 2.45) is 0 Å². The Morgan fingerprint density at radius 1 is 1.06 bits per heavy atom. The van der Waals surface area contributed by atoms with Gasteiger partial charge in [0, 0.05) is 16.8 Å². The Balaban J connectivity index is 1.81. The first-order valence-electron chi connectivity index (χ1n) is 10.9. The summed E-state index contributed by atoms with van der Waals surface area (Å²) in [5.74, 6) is 0.0378. The molecule has 2 aromatic carbocycles. The van der Waals surface area contributed by atoms with Crippen molar-refractivity contribution in [3.05, 3.63) is 77.0 Å². The molecule has 0 amide bonds. The summed E-state index contributed by atoms with van der Waals surface area (Å²) in [4.78, 5) is 15.3. The summed E-state index contributed by atoms with van der Waals surface area (Å²) in [7, 11) is 0. The monoisotopic (exact) mass is 473 g/mol. The molecule has 0 spiro atoms. The molecule has 0 bridgehead atoms. The topological polar surface area (TPSA) is 68.7 Å². The highest BCUT2D eigenvalue weighted by atomic mass is 19.4. The summed E-state index contributed by atoms with van der Waals surface area (Å²) < 4.78 is 50.0. The molecule has 0 radical (unpaired) electrons. The van der Waals surface area contributed by atoms with Gasteiger partial charge in [-0.05, 0) is 62.2 Å². The maximum atomic E-state index is 12.8. The van der Waals surface area contributed by atoms with Crippen molar-refractivity contribution < 1.29 is 32.5 Å². The fourth-order valence-electron chi connectivity index (χ4n) is 3.60. The van der Waals surface area contributed by atoms with Gasteiger partial charge < -0.3 is 14.6 Å². The van der Waals surface area contributed by atoms with Gasteiger partial charge in [0.05, 0.1) is 11.3 Å². The molecule has 5 nitrogen and oxygen atoms in total. The van der Waals surface area contributed by atoms with E-state index in [2.05, 4.69) is 4.98 Å². The van der Waals surface area contributed by atoms with E-state index in [-0.39, 0.29) is 6.10 Å². The number of aryl methyl sites for hydroxylation is 2. The van der Waals surface area contributed by atoms with Gasteiger partial charge in [-0.25, -0.2) is 4.79 Å². The van der Waals surface area contributed by atoms with Gasteiger partial charge in [-0.1, -0.05) is 31.5 Å². The van der Waals surface area contributed by atoms with E-state index >= 15 is 0 Å². The van der Waals surface area contributed by atoms with E-state index < -0.39 is 24.3 Å². The van der Waals surface area contributed by atoms with Gasteiger partial charge >= 0.3 is 12.1 Å². The van der Waals surface area contributed by atoms with Gasteiger partial charge in [0.1, 0.15) is 17.6 Å². The number of ether oxygens (including phenoxy) is 2. The molecular weight excluding hydrogens is 447 g/mol. The van der Waals surface area contributed by atoms with Crippen LogP contribution in [-0.4, -0.2) is 22.7 Å². The number of halogens is 3. The molecule has 180 valence electrons. The smallest absolute Gasteiger partial charge is 0.416 e. The fourth-order valence-corrected chi connectivity index (χ4v) is 3.60. The number of nitrogens with zero attached hydrogens (tertiary/aromatic N) is 1. The maximum Gasteiger partial charge on any atom is 0.416 e. The fraction of sp³-hybridized carbons (Fsp3) is 0.308. The highest BCUT2D eigenvalue weighted by Gasteiger charge is 2.30. The van der Waals surface area contributed by atoms with E-state index in [1.165, 1.54) is 12.1 Å². The molecule has 3 aromatic rings. The minimum absolute atomic E-state index is 0.274. The van der Waals surface area contributed by atoms with Gasteiger partial charge in [-0.15, -0.1) is 0 Å². The molecule has 1 atom stereocenters. The van der Waals surface area contributed by atoms with Crippen LogP contribution in [0.15, 0.2) is 54.6 Å². The summed E-state index contributed by atoms with van der Waals surface area (Å²) in [6.45, 7) is 5.28. The quantitative estimate of drug-likeness (QED) is 0.372. The molecule has 0 saturated carbocycles. The number of alkyl halides is 3. The van der Waals surface area contributed by atoms with Crippen LogP contribution in [0.1, 0.15) is 48.3 Å². The number of aliphatic carboxylic acids is 1. The molecular formula is C26H26F3NO4. The number of rotatable bonds is 9. The molecule has 0 aliphatic heterocycles. The molecule has 1 N–H and O–H groups in total. The minimum Gasteiger partial charge on any atom is -0.486 e. The van der Waals surface area contributed by atoms with E-state index in [1.807, 2.05) is 26.8 Å². The highest BCUT2D eigenvalue weighted by molar-refractivity contribution is 5.68. The van der Waals surface area contributed by atoms with E-state index in [4.69, 9.17) is 14.6 Å². The summed E-state index contributed by atoms with van der Waals surface area (Å²) in [5.41, 5.74) is 2.86. The SMILES string of the molecule is CCCC(Oc1ccc(OCC(=O)O)c(C)c1)c1ccc(-c2ccc(C(F)(F)F)cc2)nc1C. The second-order valence-electron chi connectivity index (χ2n) is 7.95. The van der Waals surface area contributed by atoms with Gasteiger partial charge in [0.25, 0.3) is 0 Å². The Labute approximate surface area is 196 Å². The van der Waals surface area contributed by atoms with E-state index in [0.717, 1.165) is 41.8 Å². The number of hydrogen-bond donors (Lipinski definition) is 1. The lowest BCUT2D eigenvalue weighted by Crippen LogP contribution is -2.11. The summed E-state index contributed by atoms with van der Waals surface area (Å²) in [5, 5.41) is 8.79. The number of carboxylic acids is 1. The van der Waals surface area contributed by atoms with Crippen molar-refractivity contribution in [1.82, 2.24) is 4.98 Å². The van der Waals surface area contributed by atoms with Crippen molar-refractivity contribution in [2.75, 3.05) is 6.61 Å². The largest absolute Gasteiger partial charge is 0.486 e. The van der Waals surface area contributed by atoms with Crippen molar-refractivity contribution >= 4 is 5.97 Å². The predicted octanol–water partition coefficient (Wildman–Crippen LogP) is 6.77. The number of hydrogen-bond acceptors (Lipinski definition) is 4. The summed E-state index contributed by atoms with van der Waals surface area (Å²) in [6.07, 6.45) is -3.05. The zero-order chi connectivity index (χ0) is 24.9. The normalized spacial score (nSPS) is 12.3. The van der Waals surface area contributed by atoms with Crippen LogP contribution >= 0.6 is 0 Å². The van der Waals surface area contributed by atoms with Crippen LogP contribution in [0.4, 0.5) is 13.2 Å². The second-order valence-corrected chi connectivity index (χ2v) is 7.95. The number of carbonyl (C=O) groups is 1. The van der Waals surface area contributed by atoms with Gasteiger partial charge in [-0.3, -0.25) is 4.98 Å². The van der Waals surface area contributed by atoms with E-state index in [9.17, 15) is 18.0 Å². The third kappa shape index (κ3) is 6.27. The van der Waals surface area contributed by atoms with E-state index in [1.54, 1.807) is 24.3 Å². The standard InChI is InChI=1S/C26H26F3NO4/c1-4-5-24(34-20-10-13-23(16(2)14-20)33-15-25(31)32)21-11-12-22(30-17(21)3)18-6-8-19(9-7-18)26(27,28)29/h6-14,24H,4-5,15H2,1-3H3,(H,31,32). The summed E-state index contributed by atoms with van der Waals surface area (Å²) in [6, 6.07) is 13.8. The lowest BCUT2D eigenvalue weighted by atomic mass is 10.0. The first-order chi connectivity index (χ1) is 16.1. The first kappa shape index (κ1) is 25.1. The molecule has 0 fully saturated rings. The van der Waals surface area contributed by atoms with E-state index in [0.29, 0.717) is 22.8 Å². The Morgan fingerprint density at radius 2 is 1.76 bits per heavy atom. The lowest BCUT2D eigenvalue weighted by Gasteiger charge is -2.21. The molecule has 1 unspecified atom stereocenters. The van der Waals surface area contributed by atoms with Crippen LogP contribution in [0.3, 0.4) is 0 Å². The second kappa shape index (κ2) is 10.6. The van der Waals surface area contributed by atoms with Crippen molar-refractivity contribution in [3.8, 4) is 22.8 Å². The third-order valence-electron chi connectivity index (χ3n) is 5.31. The first-order valence-corrected chi connectivity index (χ1v) is 10.9. The zero-order valence-electron chi connectivity index (χ0n) is 19.1. The molecule has 3 rings (SSSR count). The van der Waals surface area contributed by atoms with Gasteiger partial charge in [0.15, 0.2) is 6.61 Å².